The van der Waals surface area contributed by atoms with Gasteiger partial charge < -0.3 is 10.1 Å². The summed E-state index contributed by atoms with van der Waals surface area (Å²) in [5.74, 6) is 0. The molecule has 0 bridgehead atoms. The van der Waals surface area contributed by atoms with E-state index in [4.69, 9.17) is 4.74 Å². The van der Waals surface area contributed by atoms with Crippen LogP contribution in [-0.4, -0.2) is 26.3 Å². The number of nitrogens with zero attached hydrogens (tertiary/aromatic N) is 1. The first-order valence-corrected chi connectivity index (χ1v) is 4.62. The van der Waals surface area contributed by atoms with Gasteiger partial charge in [0.15, 0.2) is 0 Å². The molecule has 0 atom stereocenters. The summed E-state index contributed by atoms with van der Waals surface area (Å²) in [5.41, 5.74) is 1.06. The van der Waals surface area contributed by atoms with Crippen molar-refractivity contribution in [2.75, 3.05) is 26.3 Å². The van der Waals surface area contributed by atoms with Crippen LogP contribution in [0.4, 0.5) is 0 Å². The summed E-state index contributed by atoms with van der Waals surface area (Å²) in [6.45, 7) is 12.9. The van der Waals surface area contributed by atoms with Crippen molar-refractivity contribution in [2.45, 2.75) is 35.1 Å². The normalized spacial score (nSPS) is 24.9. The Bertz CT molecular complexity index is 127. The fraction of sp³-hybridized carbons (Fsp3) is 1.00. The SMILES string of the molecule is C.CC1(C)COC1.CC1(C)C[N-]C1.[Re]. The molecule has 2 saturated heterocycles. The van der Waals surface area contributed by atoms with Crippen LogP contribution in [-0.2, 0) is 25.2 Å². The van der Waals surface area contributed by atoms with Gasteiger partial charge in [-0.1, -0.05) is 40.5 Å². The maximum Gasteiger partial charge on any atom is 0.0539 e. The largest absolute Gasteiger partial charge is 0.662 e. The molecule has 2 heterocycles. The van der Waals surface area contributed by atoms with E-state index in [-0.39, 0.29) is 27.8 Å². The molecule has 0 saturated carbocycles. The molecule has 0 unspecified atom stereocenters. The molecule has 0 N–H and O–H groups in total. The van der Waals surface area contributed by atoms with Gasteiger partial charge >= 0.3 is 0 Å². The molecule has 14 heavy (non-hydrogen) atoms. The van der Waals surface area contributed by atoms with Gasteiger partial charge in [0.05, 0.1) is 13.2 Å². The van der Waals surface area contributed by atoms with Crippen molar-refractivity contribution in [1.82, 2.24) is 0 Å². The molecule has 2 rings (SSSR count). The zero-order valence-corrected chi connectivity index (χ0v) is 11.8. The van der Waals surface area contributed by atoms with Crippen LogP contribution < -0.4 is 0 Å². The summed E-state index contributed by atoms with van der Waals surface area (Å²) in [6, 6.07) is 0. The minimum absolute atomic E-state index is 0. The van der Waals surface area contributed by atoms with Gasteiger partial charge in [-0.3, -0.25) is 0 Å². The molecule has 0 aromatic rings. The molecular weight excluding hydrogens is 348 g/mol. The predicted octanol–water partition coefficient (Wildman–Crippen LogP) is 3.08. The Labute approximate surface area is 103 Å². The molecule has 0 aromatic carbocycles. The average Bonchev–Trinajstić information content (AvgIpc) is 1.83. The molecule has 2 fully saturated rings. The van der Waals surface area contributed by atoms with E-state index < -0.39 is 0 Å². The molecule has 87 valence electrons. The van der Waals surface area contributed by atoms with Crippen LogP contribution in [0.25, 0.3) is 5.32 Å². The topological polar surface area (TPSA) is 23.3 Å². The van der Waals surface area contributed by atoms with E-state index in [2.05, 4.69) is 33.0 Å². The third kappa shape index (κ3) is 6.14. The standard InChI is InChI=1S/C5H10N.C5H10O.CH4.Re/c2*1-5(2)3-6-4-5;;/h2*3-4H2,1-2H3;1H4;/q-1;;;. The van der Waals surface area contributed by atoms with Crippen molar-refractivity contribution in [3.8, 4) is 0 Å². The molecule has 0 spiro atoms. The Kier molecular flexibility index (Phi) is 7.56. The summed E-state index contributed by atoms with van der Waals surface area (Å²) >= 11 is 0. The first-order chi connectivity index (χ1) is 5.41. The van der Waals surface area contributed by atoms with E-state index in [0.717, 1.165) is 26.3 Å². The summed E-state index contributed by atoms with van der Waals surface area (Å²) < 4.78 is 4.94. The summed E-state index contributed by atoms with van der Waals surface area (Å²) in [6.07, 6.45) is 0. The van der Waals surface area contributed by atoms with Crippen LogP contribution in [0.1, 0.15) is 35.1 Å². The van der Waals surface area contributed by atoms with Crippen LogP contribution in [0.3, 0.4) is 0 Å². The van der Waals surface area contributed by atoms with E-state index in [9.17, 15) is 0 Å². The monoisotopic (exact) mass is 373 g/mol. The number of ether oxygens (including phenoxy) is 1. The van der Waals surface area contributed by atoms with Gasteiger partial charge in [-0.15, -0.1) is 13.1 Å². The number of hydrogen-bond acceptors (Lipinski definition) is 1. The Hall–Kier alpha value is 0.582. The van der Waals surface area contributed by atoms with Crippen LogP contribution >= 0.6 is 0 Å². The zero-order chi connectivity index (χ0) is 9.24. The first-order valence-electron chi connectivity index (χ1n) is 4.62. The van der Waals surface area contributed by atoms with E-state index >= 15 is 0 Å². The van der Waals surface area contributed by atoms with Gasteiger partial charge in [0, 0.05) is 25.8 Å². The Morgan fingerprint density at radius 2 is 1.21 bits per heavy atom. The fourth-order valence-electron chi connectivity index (χ4n) is 1.07. The molecule has 0 aliphatic carbocycles. The van der Waals surface area contributed by atoms with E-state index in [1.807, 2.05) is 0 Å². The Morgan fingerprint density at radius 1 is 0.929 bits per heavy atom. The molecule has 0 aromatic heterocycles. The van der Waals surface area contributed by atoms with E-state index in [1.165, 1.54) is 0 Å². The minimum Gasteiger partial charge on any atom is -0.662 e. The molecule has 2 aliphatic rings. The van der Waals surface area contributed by atoms with Crippen LogP contribution in [0.5, 0.6) is 0 Å². The maximum atomic E-state index is 4.94. The second kappa shape index (κ2) is 6.23. The number of hydrogen-bond donors (Lipinski definition) is 0. The van der Waals surface area contributed by atoms with Crippen molar-refractivity contribution in [2.24, 2.45) is 10.8 Å². The summed E-state index contributed by atoms with van der Waals surface area (Å²) in [7, 11) is 0. The van der Waals surface area contributed by atoms with Gasteiger partial charge in [-0.25, -0.2) is 0 Å². The smallest absolute Gasteiger partial charge is 0.0539 e. The minimum atomic E-state index is 0. The van der Waals surface area contributed by atoms with E-state index in [1.54, 1.807) is 0 Å². The first kappa shape index (κ1) is 17.0. The molecule has 2 nitrogen and oxygen atoms in total. The van der Waals surface area contributed by atoms with Gasteiger partial charge in [-0.2, -0.15) is 0 Å². The second-order valence-electron chi connectivity index (χ2n) is 5.36. The van der Waals surface area contributed by atoms with Crippen LogP contribution in [0, 0.1) is 10.8 Å². The molecular formula is C11H24NORe-. The van der Waals surface area contributed by atoms with Crippen molar-refractivity contribution >= 4 is 0 Å². The van der Waals surface area contributed by atoms with Crippen LogP contribution in [0.15, 0.2) is 0 Å². The molecule has 0 amide bonds. The van der Waals surface area contributed by atoms with Crippen molar-refractivity contribution in [1.29, 1.82) is 0 Å². The summed E-state index contributed by atoms with van der Waals surface area (Å²) in [5, 5.41) is 4.07. The third-order valence-corrected chi connectivity index (χ3v) is 2.07. The number of rotatable bonds is 0. The van der Waals surface area contributed by atoms with E-state index in [0.29, 0.717) is 10.8 Å². The second-order valence-corrected chi connectivity index (χ2v) is 5.36. The molecule has 3 heteroatoms. The zero-order valence-electron chi connectivity index (χ0n) is 9.06. The fourth-order valence-corrected chi connectivity index (χ4v) is 1.07. The van der Waals surface area contributed by atoms with Crippen molar-refractivity contribution in [3.05, 3.63) is 5.32 Å². The van der Waals surface area contributed by atoms with Crippen molar-refractivity contribution < 1.29 is 25.2 Å². The van der Waals surface area contributed by atoms with Gasteiger partial charge in [0.1, 0.15) is 0 Å². The summed E-state index contributed by atoms with van der Waals surface area (Å²) in [4.78, 5) is 0. The maximum absolute atomic E-state index is 4.94. The molecule has 2 aliphatic heterocycles. The Morgan fingerprint density at radius 3 is 1.21 bits per heavy atom. The van der Waals surface area contributed by atoms with Gasteiger partial charge in [0.2, 0.25) is 0 Å². The molecule has 1 radical (unpaired) electrons. The van der Waals surface area contributed by atoms with Crippen LogP contribution in [0.2, 0.25) is 0 Å². The quantitative estimate of drug-likeness (QED) is 0.641. The van der Waals surface area contributed by atoms with Gasteiger partial charge in [-0.05, 0) is 0 Å². The van der Waals surface area contributed by atoms with Gasteiger partial charge in [0.25, 0.3) is 0 Å². The predicted molar refractivity (Wildman–Crippen MR) is 58.2 cm³/mol. The Balaban J connectivity index is 0. The third-order valence-electron chi connectivity index (χ3n) is 2.07. The van der Waals surface area contributed by atoms with Crippen molar-refractivity contribution in [3.63, 3.8) is 0 Å². The average molecular weight is 373 g/mol.